The lowest BCUT2D eigenvalue weighted by Crippen LogP contribution is -2.36. The molecule has 36 heavy (non-hydrogen) atoms. The molecule has 190 valence electrons. The van der Waals surface area contributed by atoms with Crippen molar-refractivity contribution < 1.29 is 13.5 Å². The Balaban J connectivity index is 1.50. The van der Waals surface area contributed by atoms with E-state index in [9.17, 15) is 23.6 Å². The van der Waals surface area contributed by atoms with E-state index in [1.807, 2.05) is 13.8 Å². The Bertz CT molecular complexity index is 1520. The molecule has 2 unspecified atom stereocenters. The zero-order valence-corrected chi connectivity index (χ0v) is 21.2. The van der Waals surface area contributed by atoms with Crippen molar-refractivity contribution in [1.82, 2.24) is 19.1 Å². The van der Waals surface area contributed by atoms with Crippen LogP contribution >= 0.6 is 0 Å². The summed E-state index contributed by atoms with van der Waals surface area (Å²) in [6, 6.07) is 9.09. The number of H-pyrrole nitrogens is 1. The van der Waals surface area contributed by atoms with Crippen molar-refractivity contribution in [2.24, 2.45) is 11.3 Å². The second-order valence-electron chi connectivity index (χ2n) is 10.5. The third-order valence-corrected chi connectivity index (χ3v) is 9.05. The first-order valence-corrected chi connectivity index (χ1v) is 13.6. The van der Waals surface area contributed by atoms with Crippen LogP contribution in [0.4, 0.5) is 11.5 Å². The monoisotopic (exact) mass is 510 g/mol. The smallest absolute Gasteiger partial charge is 0.261 e. The Kier molecular flexibility index (Phi) is 6.14. The lowest BCUT2D eigenvalue weighted by atomic mass is 9.85. The summed E-state index contributed by atoms with van der Waals surface area (Å²) in [5.74, 6) is 0.196. The Labute approximate surface area is 209 Å². The van der Waals surface area contributed by atoms with Gasteiger partial charge in [-0.1, -0.05) is 26.7 Å². The molecule has 0 spiro atoms. The number of anilines is 2. The maximum atomic E-state index is 13.0. The molecule has 2 aromatic heterocycles. The number of aliphatic hydroxyl groups excluding tert-OH is 1. The Morgan fingerprint density at radius 3 is 2.81 bits per heavy atom. The number of aromatic nitrogens is 3. The summed E-state index contributed by atoms with van der Waals surface area (Å²) in [4.78, 5) is 15.7. The molecule has 0 amide bonds. The van der Waals surface area contributed by atoms with Gasteiger partial charge in [0.15, 0.2) is 5.82 Å². The second-order valence-corrected chi connectivity index (χ2v) is 12.4. The molecule has 3 aromatic rings. The quantitative estimate of drug-likeness (QED) is 0.462. The van der Waals surface area contributed by atoms with E-state index in [1.54, 1.807) is 35.1 Å². The average Bonchev–Trinajstić information content (AvgIpc) is 3.33. The van der Waals surface area contributed by atoms with Gasteiger partial charge in [-0.3, -0.25) is 9.48 Å². The van der Waals surface area contributed by atoms with Gasteiger partial charge in [-0.05, 0) is 42.7 Å². The highest BCUT2D eigenvalue weighted by atomic mass is 32.2. The minimum atomic E-state index is -3.65. The van der Waals surface area contributed by atoms with Crippen molar-refractivity contribution in [3.8, 4) is 6.07 Å². The highest BCUT2D eigenvalue weighted by Gasteiger charge is 2.38. The first-order chi connectivity index (χ1) is 17.1. The number of nitrogens with zero attached hydrogens (tertiary/aromatic N) is 4. The molecular weight excluding hydrogens is 480 g/mol. The molecule has 1 fully saturated rings. The van der Waals surface area contributed by atoms with Crippen molar-refractivity contribution in [2.75, 3.05) is 18.5 Å². The van der Waals surface area contributed by atoms with Gasteiger partial charge in [-0.25, -0.2) is 8.42 Å². The molecule has 0 saturated heterocycles. The van der Waals surface area contributed by atoms with Crippen LogP contribution in [-0.4, -0.2) is 45.7 Å². The van der Waals surface area contributed by atoms with E-state index >= 15 is 0 Å². The van der Waals surface area contributed by atoms with Crippen LogP contribution in [0.25, 0.3) is 10.9 Å². The van der Waals surface area contributed by atoms with Gasteiger partial charge in [0, 0.05) is 37.0 Å². The van der Waals surface area contributed by atoms with Gasteiger partial charge in [0.2, 0.25) is 10.0 Å². The summed E-state index contributed by atoms with van der Waals surface area (Å²) in [6.45, 7) is 3.93. The number of sulfonamides is 1. The van der Waals surface area contributed by atoms with E-state index in [2.05, 4.69) is 16.4 Å². The molecule has 3 N–H and O–H groups in total. The number of hydrogen-bond donors (Lipinski definition) is 3. The predicted molar refractivity (Wildman–Crippen MR) is 135 cm³/mol. The zero-order valence-electron chi connectivity index (χ0n) is 20.4. The number of nitriles is 1. The summed E-state index contributed by atoms with van der Waals surface area (Å²) in [5, 5.41) is 27.7. The predicted octanol–water partition coefficient (Wildman–Crippen LogP) is 3.25. The number of pyridine rings is 1. The standard InChI is InChI=1S/C25H30N6O4S/c1-25(2,15-32)14-30-13-17-11-18(7-8-21(17)36(30,34)35)28-23-22-20(9-10-27-24(22)33)31(29-23)19-6-4-3-5-16(19)12-26/h7-11,16,19,32H,3-6,13-15H2,1-2H3,(H,27,33)(H,28,29). The number of aromatic amines is 1. The van der Waals surface area contributed by atoms with Gasteiger partial charge in [-0.2, -0.15) is 14.7 Å². The van der Waals surface area contributed by atoms with Crippen molar-refractivity contribution in [3.63, 3.8) is 0 Å². The zero-order chi connectivity index (χ0) is 25.7. The number of hydrogen-bond acceptors (Lipinski definition) is 7. The third kappa shape index (κ3) is 4.19. The van der Waals surface area contributed by atoms with Crippen LogP contribution in [0.5, 0.6) is 0 Å². The Hall–Kier alpha value is -3.20. The summed E-state index contributed by atoms with van der Waals surface area (Å²) >= 11 is 0. The third-order valence-electron chi connectivity index (χ3n) is 7.16. The van der Waals surface area contributed by atoms with Crippen LogP contribution in [-0.2, 0) is 16.6 Å². The molecule has 5 rings (SSSR count). The topological polar surface area (TPSA) is 144 Å². The van der Waals surface area contributed by atoms with Crippen molar-refractivity contribution in [2.45, 2.75) is 57.0 Å². The van der Waals surface area contributed by atoms with Crippen LogP contribution < -0.4 is 10.9 Å². The van der Waals surface area contributed by atoms with Gasteiger partial charge < -0.3 is 15.4 Å². The van der Waals surface area contributed by atoms with Gasteiger partial charge in [0.05, 0.1) is 28.4 Å². The second kappa shape index (κ2) is 9.03. The van der Waals surface area contributed by atoms with Gasteiger partial charge in [0.1, 0.15) is 5.39 Å². The minimum absolute atomic E-state index is 0.114. The molecule has 3 heterocycles. The number of nitrogens with one attached hydrogen (secondary N) is 2. The molecule has 2 aliphatic rings. The van der Waals surface area contributed by atoms with Gasteiger partial charge in [-0.15, -0.1) is 0 Å². The van der Waals surface area contributed by atoms with Crippen LogP contribution in [0.3, 0.4) is 0 Å². The van der Waals surface area contributed by atoms with Gasteiger partial charge in [0.25, 0.3) is 5.56 Å². The van der Waals surface area contributed by atoms with Crippen LogP contribution in [0.1, 0.15) is 51.1 Å². The highest BCUT2D eigenvalue weighted by Crippen LogP contribution is 2.38. The molecular formula is C25H30N6O4S. The van der Waals surface area contributed by atoms with Crippen molar-refractivity contribution in [3.05, 3.63) is 46.4 Å². The van der Waals surface area contributed by atoms with E-state index in [-0.39, 0.29) is 42.1 Å². The SMILES string of the molecule is CC(C)(CO)CN1Cc2cc(Nc3nn(C4CCCCC4C#N)c4cc[nH]c(=O)c34)ccc2S1(=O)=O. The van der Waals surface area contributed by atoms with Crippen molar-refractivity contribution >= 4 is 32.4 Å². The normalized spacial score (nSPS) is 21.8. The Morgan fingerprint density at radius 1 is 1.28 bits per heavy atom. The number of benzene rings is 1. The summed E-state index contributed by atoms with van der Waals surface area (Å²) < 4.78 is 29.3. The first kappa shape index (κ1) is 24.5. The molecule has 1 saturated carbocycles. The average molecular weight is 511 g/mol. The largest absolute Gasteiger partial charge is 0.396 e. The molecule has 10 nitrogen and oxygen atoms in total. The molecule has 0 radical (unpaired) electrons. The molecule has 1 aliphatic carbocycles. The van der Waals surface area contributed by atoms with E-state index in [1.165, 1.54) is 4.31 Å². The minimum Gasteiger partial charge on any atom is -0.396 e. The summed E-state index contributed by atoms with van der Waals surface area (Å²) in [7, 11) is -3.65. The fourth-order valence-corrected chi connectivity index (χ4v) is 7.05. The highest BCUT2D eigenvalue weighted by molar-refractivity contribution is 7.89. The molecule has 1 aliphatic heterocycles. The fourth-order valence-electron chi connectivity index (χ4n) is 5.25. The Morgan fingerprint density at radius 2 is 2.06 bits per heavy atom. The number of rotatable bonds is 6. The van der Waals surface area contributed by atoms with E-state index in [4.69, 9.17) is 5.10 Å². The maximum absolute atomic E-state index is 13.0. The molecule has 1 aromatic carbocycles. The van der Waals surface area contributed by atoms with E-state index in [0.717, 1.165) is 25.7 Å². The summed E-state index contributed by atoms with van der Waals surface area (Å²) in [5.41, 5.74) is 1.07. The fraction of sp³-hybridized carbons (Fsp3) is 0.480. The van der Waals surface area contributed by atoms with Crippen molar-refractivity contribution in [1.29, 1.82) is 5.26 Å². The van der Waals surface area contributed by atoms with Crippen LogP contribution in [0.2, 0.25) is 0 Å². The van der Waals surface area contributed by atoms with Crippen LogP contribution in [0, 0.1) is 22.7 Å². The van der Waals surface area contributed by atoms with E-state index in [0.29, 0.717) is 28.0 Å². The van der Waals surface area contributed by atoms with E-state index < -0.39 is 15.4 Å². The number of aliphatic hydroxyl groups is 1. The lowest BCUT2D eigenvalue weighted by Gasteiger charge is -2.27. The molecule has 0 bridgehead atoms. The first-order valence-electron chi connectivity index (χ1n) is 12.1. The molecule has 11 heteroatoms. The summed E-state index contributed by atoms with van der Waals surface area (Å²) in [6.07, 6.45) is 5.21. The molecule has 2 atom stereocenters. The number of fused-ring (bicyclic) bond motifs is 2. The van der Waals surface area contributed by atoms with Gasteiger partial charge >= 0.3 is 0 Å². The van der Waals surface area contributed by atoms with Crippen LogP contribution in [0.15, 0.2) is 40.2 Å². The maximum Gasteiger partial charge on any atom is 0.261 e. The lowest BCUT2D eigenvalue weighted by molar-refractivity contribution is 0.134.